The summed E-state index contributed by atoms with van der Waals surface area (Å²) in [6.45, 7) is 2.47. The smallest absolute Gasteiger partial charge is 0.343 e. The summed E-state index contributed by atoms with van der Waals surface area (Å²) < 4.78 is 15.3. The molecular weight excluding hydrogens is 523 g/mol. The number of carbonyl (C=O) groups excluding carboxylic acids is 2. The van der Waals surface area contributed by atoms with Crippen LogP contribution in [0.1, 0.15) is 81.5 Å². The van der Waals surface area contributed by atoms with Crippen molar-refractivity contribution in [1.82, 2.24) is 25.2 Å². The van der Waals surface area contributed by atoms with E-state index in [0.29, 0.717) is 35.7 Å². The number of hydrogen-bond donors (Lipinski definition) is 2. The van der Waals surface area contributed by atoms with Gasteiger partial charge in [-0.1, -0.05) is 25.7 Å². The first kappa shape index (κ1) is 27.7. The van der Waals surface area contributed by atoms with Gasteiger partial charge in [0.15, 0.2) is 5.82 Å². The van der Waals surface area contributed by atoms with Crippen molar-refractivity contribution in [3.8, 4) is 0 Å². The zero-order valence-corrected chi connectivity index (χ0v) is 24.3. The van der Waals surface area contributed by atoms with Crippen molar-refractivity contribution in [3.63, 3.8) is 0 Å². The molecule has 3 atom stereocenters. The van der Waals surface area contributed by atoms with Gasteiger partial charge in [-0.3, -0.25) is 14.7 Å². The summed E-state index contributed by atoms with van der Waals surface area (Å²) in [7, 11) is 3.92. The number of fused-ring (bicyclic) bond motifs is 3. The Kier molecular flexibility index (Phi) is 7.72. The number of nitrogens with zero attached hydrogens (tertiary/aromatic N) is 6. The van der Waals surface area contributed by atoms with Gasteiger partial charge in [-0.05, 0) is 70.7 Å². The Labute approximate surface area is 241 Å². The Morgan fingerprint density at radius 1 is 1.02 bits per heavy atom. The largest absolute Gasteiger partial charge is 0.349 e. The molecule has 2 bridgehead atoms. The van der Waals surface area contributed by atoms with Gasteiger partial charge >= 0.3 is 6.03 Å². The predicted molar refractivity (Wildman–Crippen MR) is 157 cm³/mol. The van der Waals surface area contributed by atoms with Gasteiger partial charge in [0.2, 0.25) is 5.95 Å². The summed E-state index contributed by atoms with van der Waals surface area (Å²) in [4.78, 5) is 39.3. The molecule has 3 amide bonds. The number of carbonyl (C=O) groups is 2. The number of urea groups is 1. The van der Waals surface area contributed by atoms with Gasteiger partial charge in [-0.15, -0.1) is 0 Å². The highest BCUT2D eigenvalue weighted by Gasteiger charge is 2.40. The quantitative estimate of drug-likeness (QED) is 0.507. The van der Waals surface area contributed by atoms with Crippen molar-refractivity contribution in [1.29, 1.82) is 0 Å². The first-order valence-electron chi connectivity index (χ1n) is 15.1. The number of piperidine rings is 1. The van der Waals surface area contributed by atoms with E-state index < -0.39 is 5.82 Å². The predicted octanol–water partition coefficient (Wildman–Crippen LogP) is 5.05. The van der Waals surface area contributed by atoms with Crippen LogP contribution in [0.2, 0.25) is 0 Å². The minimum Gasteiger partial charge on any atom is -0.349 e. The number of rotatable bonds is 6. The molecule has 2 aromatic rings. The van der Waals surface area contributed by atoms with Gasteiger partial charge in [0.05, 0.1) is 17.9 Å². The third-order valence-corrected chi connectivity index (χ3v) is 9.47. The van der Waals surface area contributed by atoms with Crippen LogP contribution in [0, 0.1) is 5.82 Å². The van der Waals surface area contributed by atoms with Gasteiger partial charge in [-0.2, -0.15) is 4.98 Å². The molecule has 41 heavy (non-hydrogen) atoms. The maximum absolute atomic E-state index is 15.3. The third-order valence-electron chi connectivity index (χ3n) is 9.47. The van der Waals surface area contributed by atoms with E-state index in [2.05, 4.69) is 27.6 Å². The zero-order valence-electron chi connectivity index (χ0n) is 24.3. The number of anilines is 4. The van der Waals surface area contributed by atoms with Crippen LogP contribution in [-0.2, 0) is 0 Å². The molecule has 6 rings (SSSR count). The van der Waals surface area contributed by atoms with E-state index in [1.807, 2.05) is 11.9 Å². The van der Waals surface area contributed by atoms with E-state index in [0.717, 1.165) is 38.5 Å². The molecule has 1 saturated carbocycles. The van der Waals surface area contributed by atoms with Crippen LogP contribution in [0.15, 0.2) is 24.4 Å². The van der Waals surface area contributed by atoms with Crippen molar-refractivity contribution in [3.05, 3.63) is 35.8 Å². The summed E-state index contributed by atoms with van der Waals surface area (Å²) >= 11 is 0. The Morgan fingerprint density at radius 3 is 2.32 bits per heavy atom. The topological polar surface area (TPSA) is 96.9 Å². The minimum atomic E-state index is -0.550. The van der Waals surface area contributed by atoms with Crippen LogP contribution in [0.25, 0.3) is 0 Å². The Hall–Kier alpha value is -3.47. The second-order valence-electron chi connectivity index (χ2n) is 12.0. The molecule has 1 aromatic heterocycles. The summed E-state index contributed by atoms with van der Waals surface area (Å²) in [6.07, 6.45) is 12.5. The molecule has 4 heterocycles. The van der Waals surface area contributed by atoms with Crippen molar-refractivity contribution in [2.75, 3.05) is 35.9 Å². The van der Waals surface area contributed by atoms with Crippen LogP contribution in [0.5, 0.6) is 0 Å². The van der Waals surface area contributed by atoms with E-state index >= 15 is 4.39 Å². The number of nitrogens with one attached hydrogen (secondary N) is 2. The fourth-order valence-electron chi connectivity index (χ4n) is 7.17. The summed E-state index contributed by atoms with van der Waals surface area (Å²) in [6, 6.07) is 5.62. The molecule has 0 spiro atoms. The van der Waals surface area contributed by atoms with Crippen molar-refractivity contribution < 1.29 is 14.0 Å². The molecular formula is C30H41FN8O2. The number of aromatic nitrogens is 2. The van der Waals surface area contributed by atoms with Crippen LogP contribution in [-0.4, -0.2) is 76.6 Å². The highest BCUT2D eigenvalue weighted by atomic mass is 19.1. The Balaban J connectivity index is 1.18. The Morgan fingerprint density at radius 2 is 1.68 bits per heavy atom. The number of hydrazine groups is 1. The molecule has 11 heteroatoms. The maximum Gasteiger partial charge on any atom is 0.343 e. The summed E-state index contributed by atoms with van der Waals surface area (Å²) in [5.74, 6) is 0.0709. The number of benzene rings is 1. The molecule has 4 aliphatic rings. The summed E-state index contributed by atoms with van der Waals surface area (Å²) in [5.41, 5.74) is 1.11. The molecule has 1 aromatic carbocycles. The monoisotopic (exact) mass is 564 g/mol. The molecule has 10 nitrogen and oxygen atoms in total. The minimum absolute atomic E-state index is 0.104. The normalized spacial score (nSPS) is 25.2. The molecule has 3 aliphatic heterocycles. The number of hydrogen-bond acceptors (Lipinski definition) is 7. The SMILES string of the molecule is CCN1C(=O)N(C)c2cnc(Nc3ccc(C(=O)NC4CC5CCCC[C@H](C4)N5C)cc3F)nc2N1C1CCCC1. The lowest BCUT2D eigenvalue weighted by Crippen LogP contribution is -2.59. The van der Waals surface area contributed by atoms with Crippen molar-refractivity contribution in [2.45, 2.75) is 95.3 Å². The fraction of sp³-hybridized carbons (Fsp3) is 0.600. The van der Waals surface area contributed by atoms with Crippen LogP contribution < -0.4 is 20.5 Å². The highest BCUT2D eigenvalue weighted by molar-refractivity contribution is 5.98. The van der Waals surface area contributed by atoms with Gasteiger partial charge in [-0.25, -0.2) is 19.2 Å². The lowest BCUT2D eigenvalue weighted by atomic mass is 9.90. The fourth-order valence-corrected chi connectivity index (χ4v) is 7.17. The van der Waals surface area contributed by atoms with Gasteiger partial charge in [0, 0.05) is 37.3 Å². The molecule has 3 fully saturated rings. The second-order valence-corrected chi connectivity index (χ2v) is 12.0. The van der Waals surface area contributed by atoms with Crippen molar-refractivity contribution in [2.24, 2.45) is 0 Å². The average Bonchev–Trinajstić information content (AvgIpc) is 3.47. The number of halogens is 1. The first-order valence-corrected chi connectivity index (χ1v) is 15.1. The van der Waals surface area contributed by atoms with Crippen LogP contribution in [0.4, 0.5) is 32.3 Å². The van der Waals surface area contributed by atoms with Crippen LogP contribution >= 0.6 is 0 Å². The molecule has 1 aliphatic carbocycles. The standard InChI is InChI=1S/C30H41FN8O2/c1-4-38-30(41)37(3)26-18-32-29(35-27(26)39(38)21-9-5-6-10-21)34-25-14-13-19(15-24(25)31)28(40)33-20-16-22-11-7-8-12-23(17-20)36(22)2/h13-15,18,20-23H,4-12,16-17H2,1-3H3,(H,33,40)(H,32,34,35)/t20?,22-,23?/m1/s1. The van der Waals surface area contributed by atoms with E-state index in [9.17, 15) is 9.59 Å². The molecule has 0 radical (unpaired) electrons. The first-order chi connectivity index (χ1) is 19.8. The molecule has 220 valence electrons. The third kappa shape index (κ3) is 5.31. The van der Waals surface area contributed by atoms with Gasteiger partial charge in [0.25, 0.3) is 5.91 Å². The van der Waals surface area contributed by atoms with E-state index in [1.165, 1.54) is 31.7 Å². The maximum atomic E-state index is 15.3. The van der Waals surface area contributed by atoms with Gasteiger partial charge < -0.3 is 15.5 Å². The van der Waals surface area contributed by atoms with Crippen LogP contribution in [0.3, 0.4) is 0 Å². The lowest BCUT2D eigenvalue weighted by Gasteiger charge is -2.45. The van der Waals surface area contributed by atoms with E-state index in [-0.39, 0.29) is 35.7 Å². The van der Waals surface area contributed by atoms with E-state index in [4.69, 9.17) is 4.98 Å². The van der Waals surface area contributed by atoms with E-state index in [1.54, 1.807) is 35.3 Å². The zero-order chi connectivity index (χ0) is 28.7. The molecule has 2 saturated heterocycles. The van der Waals surface area contributed by atoms with Crippen molar-refractivity contribution >= 4 is 35.1 Å². The molecule has 2 unspecified atom stereocenters. The highest BCUT2D eigenvalue weighted by Crippen LogP contribution is 2.39. The Bertz CT molecular complexity index is 1290. The summed E-state index contributed by atoms with van der Waals surface area (Å²) in [5, 5.41) is 9.89. The lowest BCUT2D eigenvalue weighted by molar-refractivity contribution is 0.0773. The second kappa shape index (κ2) is 11.4. The number of amides is 3. The van der Waals surface area contributed by atoms with Gasteiger partial charge in [0.1, 0.15) is 11.5 Å². The molecule has 2 N–H and O–H groups in total. The average molecular weight is 565 g/mol.